The van der Waals surface area contributed by atoms with E-state index in [2.05, 4.69) is 94.2 Å². The molecule has 1 aliphatic heterocycles. The van der Waals surface area contributed by atoms with Crippen molar-refractivity contribution in [1.29, 1.82) is 0 Å². The zero-order valence-electron chi connectivity index (χ0n) is 19.6. The molecule has 0 aliphatic carbocycles. The van der Waals surface area contributed by atoms with Gasteiger partial charge in [-0.1, -0.05) is 80.1 Å². The number of benzene rings is 3. The monoisotopic (exact) mass is 453 g/mol. The third-order valence-corrected chi connectivity index (χ3v) is 6.61. The molecule has 2 heterocycles. The van der Waals surface area contributed by atoms with Crippen molar-refractivity contribution in [3.63, 3.8) is 0 Å². The summed E-state index contributed by atoms with van der Waals surface area (Å²) in [5, 5.41) is 0. The van der Waals surface area contributed by atoms with Crippen molar-refractivity contribution in [1.82, 2.24) is 14.5 Å². The van der Waals surface area contributed by atoms with Crippen LogP contribution in [0.4, 0.5) is 0 Å². The summed E-state index contributed by atoms with van der Waals surface area (Å²) in [6, 6.07) is 28.1. The Morgan fingerprint density at radius 3 is 2.26 bits per heavy atom. The molecule has 174 valence electrons. The summed E-state index contributed by atoms with van der Waals surface area (Å²) in [5.74, 6) is 1.64. The van der Waals surface area contributed by atoms with Crippen molar-refractivity contribution in [3.05, 3.63) is 114 Å². The fraction of sp³-hybridized carbons (Fsp3) is 0.276. The summed E-state index contributed by atoms with van der Waals surface area (Å²) in [6.07, 6.45) is 8.83. The summed E-state index contributed by atoms with van der Waals surface area (Å²) < 4.78 is 13.5. The van der Waals surface area contributed by atoms with Gasteiger partial charge in [0.2, 0.25) is 6.79 Å². The van der Waals surface area contributed by atoms with E-state index >= 15 is 0 Å². The van der Waals surface area contributed by atoms with Crippen LogP contribution in [0.1, 0.15) is 36.5 Å². The van der Waals surface area contributed by atoms with Crippen molar-refractivity contribution < 1.29 is 9.47 Å². The molecule has 0 fully saturated rings. The Labute approximate surface area is 201 Å². The zero-order chi connectivity index (χ0) is 23.2. The molecule has 0 unspecified atom stereocenters. The van der Waals surface area contributed by atoms with E-state index < -0.39 is 0 Å². The van der Waals surface area contributed by atoms with Gasteiger partial charge in [0.05, 0.1) is 18.5 Å². The molecule has 0 saturated carbocycles. The van der Waals surface area contributed by atoms with E-state index in [9.17, 15) is 0 Å². The predicted octanol–water partition coefficient (Wildman–Crippen LogP) is 5.86. The Bertz CT molecular complexity index is 1140. The van der Waals surface area contributed by atoms with Gasteiger partial charge in [0.15, 0.2) is 11.5 Å². The Morgan fingerprint density at radius 2 is 1.62 bits per heavy atom. The van der Waals surface area contributed by atoms with Crippen molar-refractivity contribution >= 4 is 0 Å². The standard InChI is InChI=1S/C29H31N3O2/c1-2-3-17-32(22-31-18-16-30-21-31)29(25-10-6-4-7-11-25,26-12-8-5-9-13-26)20-24-14-15-27-28(19-24)34-23-33-27/h4-16,18-19,21H,2-3,17,20,22-23H2,1H3. The molecule has 5 rings (SSSR count). The molecule has 0 saturated heterocycles. The third-order valence-electron chi connectivity index (χ3n) is 6.61. The largest absolute Gasteiger partial charge is 0.454 e. The maximum Gasteiger partial charge on any atom is 0.231 e. The van der Waals surface area contributed by atoms with Gasteiger partial charge in [-0.15, -0.1) is 0 Å². The number of fused-ring (bicyclic) bond motifs is 1. The van der Waals surface area contributed by atoms with Gasteiger partial charge in [0, 0.05) is 18.9 Å². The van der Waals surface area contributed by atoms with Crippen LogP contribution in [-0.2, 0) is 18.6 Å². The van der Waals surface area contributed by atoms with Crippen molar-refractivity contribution in [2.45, 2.75) is 38.4 Å². The van der Waals surface area contributed by atoms with Gasteiger partial charge in [0.25, 0.3) is 0 Å². The number of unbranched alkanes of at least 4 members (excludes halogenated alkanes) is 1. The van der Waals surface area contributed by atoms with E-state index in [1.165, 1.54) is 16.7 Å². The molecule has 5 nitrogen and oxygen atoms in total. The summed E-state index contributed by atoms with van der Waals surface area (Å²) >= 11 is 0. The van der Waals surface area contributed by atoms with E-state index in [1.54, 1.807) is 0 Å². The molecule has 5 heteroatoms. The molecule has 4 aromatic rings. The van der Waals surface area contributed by atoms with Crippen LogP contribution >= 0.6 is 0 Å². The first-order chi connectivity index (χ1) is 16.8. The molecular weight excluding hydrogens is 422 g/mol. The Kier molecular flexibility index (Phi) is 6.63. The van der Waals surface area contributed by atoms with Gasteiger partial charge >= 0.3 is 0 Å². The van der Waals surface area contributed by atoms with Crippen molar-refractivity contribution in [2.24, 2.45) is 0 Å². The second-order valence-corrected chi connectivity index (χ2v) is 8.79. The number of hydrogen-bond donors (Lipinski definition) is 0. The lowest BCUT2D eigenvalue weighted by atomic mass is 9.76. The van der Waals surface area contributed by atoms with Gasteiger partial charge in [-0.2, -0.15) is 0 Å². The number of ether oxygens (including phenoxy) is 2. The fourth-order valence-corrected chi connectivity index (χ4v) is 4.92. The number of aromatic nitrogens is 2. The van der Waals surface area contributed by atoms with Crippen LogP contribution in [0.25, 0.3) is 0 Å². The van der Waals surface area contributed by atoms with Crippen LogP contribution < -0.4 is 9.47 Å². The quantitative estimate of drug-likeness (QED) is 0.302. The van der Waals surface area contributed by atoms with E-state index in [0.717, 1.165) is 44.0 Å². The molecule has 0 spiro atoms. The summed E-state index contributed by atoms with van der Waals surface area (Å²) in [7, 11) is 0. The minimum atomic E-state index is -0.379. The van der Waals surface area contributed by atoms with E-state index in [1.807, 2.05) is 24.8 Å². The highest BCUT2D eigenvalue weighted by Gasteiger charge is 2.40. The maximum absolute atomic E-state index is 5.73. The minimum Gasteiger partial charge on any atom is -0.454 e. The van der Waals surface area contributed by atoms with Crippen LogP contribution in [0.15, 0.2) is 97.6 Å². The number of nitrogens with zero attached hydrogens (tertiary/aromatic N) is 3. The SMILES string of the molecule is CCCCN(Cn1ccnc1)C(Cc1ccc2c(c1)OCO2)(c1ccccc1)c1ccccc1. The number of rotatable bonds is 10. The molecular formula is C29H31N3O2. The van der Waals surface area contributed by atoms with E-state index in [4.69, 9.17) is 9.47 Å². The highest BCUT2D eigenvalue weighted by molar-refractivity contribution is 5.47. The second-order valence-electron chi connectivity index (χ2n) is 8.79. The predicted molar refractivity (Wildman–Crippen MR) is 134 cm³/mol. The Hall–Kier alpha value is -3.57. The van der Waals surface area contributed by atoms with Gasteiger partial charge in [0.1, 0.15) is 0 Å². The third kappa shape index (κ3) is 4.44. The second kappa shape index (κ2) is 10.1. The van der Waals surface area contributed by atoms with E-state index in [0.29, 0.717) is 0 Å². The van der Waals surface area contributed by atoms with Crippen LogP contribution in [0.2, 0.25) is 0 Å². The van der Waals surface area contributed by atoms with Gasteiger partial charge in [-0.25, -0.2) is 4.98 Å². The molecule has 0 atom stereocenters. The lowest BCUT2D eigenvalue weighted by Crippen LogP contribution is -2.49. The van der Waals surface area contributed by atoms with Crippen LogP contribution in [0, 0.1) is 0 Å². The average molecular weight is 454 g/mol. The van der Waals surface area contributed by atoms with Crippen LogP contribution in [0.3, 0.4) is 0 Å². The van der Waals surface area contributed by atoms with Gasteiger partial charge in [-0.3, -0.25) is 4.90 Å². The van der Waals surface area contributed by atoms with Crippen molar-refractivity contribution in [3.8, 4) is 11.5 Å². The first-order valence-corrected chi connectivity index (χ1v) is 12.0. The highest BCUT2D eigenvalue weighted by atomic mass is 16.7. The summed E-state index contributed by atoms with van der Waals surface area (Å²) in [6.45, 7) is 4.24. The highest BCUT2D eigenvalue weighted by Crippen LogP contribution is 2.42. The van der Waals surface area contributed by atoms with Crippen LogP contribution in [0.5, 0.6) is 11.5 Å². The summed E-state index contributed by atoms with van der Waals surface area (Å²) in [4.78, 5) is 6.92. The van der Waals surface area contributed by atoms with Crippen LogP contribution in [-0.4, -0.2) is 27.8 Å². The normalized spacial score (nSPS) is 12.9. The smallest absolute Gasteiger partial charge is 0.231 e. The first-order valence-electron chi connectivity index (χ1n) is 12.0. The molecule has 0 N–H and O–H groups in total. The Morgan fingerprint density at radius 1 is 0.912 bits per heavy atom. The maximum atomic E-state index is 5.73. The topological polar surface area (TPSA) is 39.5 Å². The van der Waals surface area contributed by atoms with E-state index in [-0.39, 0.29) is 12.3 Å². The Balaban J connectivity index is 1.68. The fourth-order valence-electron chi connectivity index (χ4n) is 4.92. The summed E-state index contributed by atoms with van der Waals surface area (Å²) in [5.41, 5.74) is 3.38. The first kappa shape index (κ1) is 22.2. The molecule has 3 aromatic carbocycles. The lowest BCUT2D eigenvalue weighted by molar-refractivity contribution is 0.0813. The molecule has 0 amide bonds. The number of hydrogen-bond acceptors (Lipinski definition) is 4. The van der Waals surface area contributed by atoms with Gasteiger partial charge < -0.3 is 14.0 Å². The minimum absolute atomic E-state index is 0.282. The zero-order valence-corrected chi connectivity index (χ0v) is 19.6. The molecule has 0 radical (unpaired) electrons. The lowest BCUT2D eigenvalue weighted by Gasteiger charge is -2.45. The molecule has 1 aliphatic rings. The number of imidazole rings is 1. The average Bonchev–Trinajstić information content (AvgIpc) is 3.58. The van der Waals surface area contributed by atoms with Gasteiger partial charge in [-0.05, 0) is 41.7 Å². The molecule has 0 bridgehead atoms. The molecule has 34 heavy (non-hydrogen) atoms. The van der Waals surface area contributed by atoms with Crippen molar-refractivity contribution in [2.75, 3.05) is 13.3 Å². The molecule has 1 aromatic heterocycles.